The molecular formula is C21H25ClO4. The zero-order valence-electron chi connectivity index (χ0n) is 15.5. The van der Waals surface area contributed by atoms with Crippen LogP contribution in [0.4, 0.5) is 0 Å². The molecular weight excluding hydrogens is 352 g/mol. The summed E-state index contributed by atoms with van der Waals surface area (Å²) in [6.07, 6.45) is 1.40. The highest BCUT2D eigenvalue weighted by Gasteiger charge is 2.28. The van der Waals surface area contributed by atoms with Gasteiger partial charge in [0, 0.05) is 11.4 Å². The van der Waals surface area contributed by atoms with E-state index in [-0.39, 0.29) is 5.97 Å². The first-order valence-corrected chi connectivity index (χ1v) is 8.97. The first-order chi connectivity index (χ1) is 12.4. The minimum atomic E-state index is -0.556. The third kappa shape index (κ3) is 6.26. The van der Waals surface area contributed by atoms with E-state index in [1.165, 1.54) is 12.7 Å². The average Bonchev–Trinajstić information content (AvgIpc) is 2.64. The Bertz CT molecular complexity index is 693. The van der Waals surface area contributed by atoms with Gasteiger partial charge < -0.3 is 14.2 Å². The van der Waals surface area contributed by atoms with Crippen molar-refractivity contribution in [3.05, 3.63) is 59.1 Å². The smallest absolute Gasteiger partial charge is 0.311 e. The standard InChI is InChI=1S/C21H25ClO4/c1-21(2,20(23)24-3)13-15-26-19-10-8-18(9-11-19)25-14-12-16-4-6-17(22)7-5-16/h4-11H,12-15H2,1-3H3. The maximum atomic E-state index is 11.6. The van der Waals surface area contributed by atoms with Crippen LogP contribution in [-0.4, -0.2) is 26.3 Å². The van der Waals surface area contributed by atoms with Crippen LogP contribution in [0.2, 0.25) is 5.02 Å². The summed E-state index contributed by atoms with van der Waals surface area (Å²) in [5.41, 5.74) is 0.627. The second kappa shape index (κ2) is 9.48. The lowest BCUT2D eigenvalue weighted by Gasteiger charge is -2.21. The summed E-state index contributed by atoms with van der Waals surface area (Å²) in [6, 6.07) is 15.2. The Morgan fingerprint density at radius 3 is 2.00 bits per heavy atom. The predicted molar refractivity (Wildman–Crippen MR) is 103 cm³/mol. The van der Waals surface area contributed by atoms with Gasteiger partial charge in [-0.2, -0.15) is 0 Å². The number of halogens is 1. The van der Waals surface area contributed by atoms with Crippen LogP contribution in [0, 0.1) is 5.41 Å². The number of hydrogen-bond acceptors (Lipinski definition) is 4. The van der Waals surface area contributed by atoms with Gasteiger partial charge in [0.15, 0.2) is 0 Å². The van der Waals surface area contributed by atoms with Crippen molar-refractivity contribution < 1.29 is 19.0 Å². The summed E-state index contributed by atoms with van der Waals surface area (Å²) < 4.78 is 16.2. The Balaban J connectivity index is 1.74. The van der Waals surface area contributed by atoms with Crippen LogP contribution in [0.1, 0.15) is 25.8 Å². The van der Waals surface area contributed by atoms with Gasteiger partial charge in [0.05, 0.1) is 25.7 Å². The normalized spacial score (nSPS) is 11.1. The quantitative estimate of drug-likeness (QED) is 0.582. The van der Waals surface area contributed by atoms with E-state index in [1.807, 2.05) is 62.4 Å². The zero-order chi connectivity index (χ0) is 19.0. The van der Waals surface area contributed by atoms with Crippen LogP contribution in [0.15, 0.2) is 48.5 Å². The largest absolute Gasteiger partial charge is 0.494 e. The summed E-state index contributed by atoms with van der Waals surface area (Å²) in [7, 11) is 1.40. The molecule has 0 bridgehead atoms. The number of hydrogen-bond donors (Lipinski definition) is 0. The first kappa shape index (κ1) is 20.1. The fraction of sp³-hybridized carbons (Fsp3) is 0.381. The molecule has 4 nitrogen and oxygen atoms in total. The molecule has 0 aliphatic carbocycles. The molecule has 0 saturated heterocycles. The van der Waals surface area contributed by atoms with Crippen LogP contribution in [0.25, 0.3) is 0 Å². The summed E-state index contributed by atoms with van der Waals surface area (Å²) >= 11 is 5.87. The number of benzene rings is 2. The lowest BCUT2D eigenvalue weighted by molar-refractivity contribution is -0.151. The van der Waals surface area contributed by atoms with Crippen LogP contribution < -0.4 is 9.47 Å². The third-order valence-corrected chi connectivity index (χ3v) is 4.38. The number of rotatable bonds is 9. The van der Waals surface area contributed by atoms with Gasteiger partial charge in [0.25, 0.3) is 0 Å². The molecule has 0 radical (unpaired) electrons. The SMILES string of the molecule is COC(=O)C(C)(C)CCOc1ccc(OCCc2ccc(Cl)cc2)cc1. The van der Waals surface area contributed by atoms with Crippen LogP contribution in [0.5, 0.6) is 11.5 Å². The minimum Gasteiger partial charge on any atom is -0.494 e. The molecule has 0 amide bonds. The molecule has 0 aliphatic rings. The van der Waals surface area contributed by atoms with Crippen LogP contribution >= 0.6 is 11.6 Å². The second-order valence-corrected chi connectivity index (χ2v) is 7.11. The molecule has 2 rings (SSSR count). The molecule has 140 valence electrons. The summed E-state index contributed by atoms with van der Waals surface area (Å²) in [6.45, 7) is 4.73. The van der Waals surface area contributed by atoms with Crippen molar-refractivity contribution in [2.75, 3.05) is 20.3 Å². The van der Waals surface area contributed by atoms with Crippen molar-refractivity contribution in [3.8, 4) is 11.5 Å². The maximum absolute atomic E-state index is 11.6. The van der Waals surface area contributed by atoms with Crippen molar-refractivity contribution in [1.82, 2.24) is 0 Å². The van der Waals surface area contributed by atoms with Gasteiger partial charge in [-0.05, 0) is 62.2 Å². The maximum Gasteiger partial charge on any atom is 0.311 e. The highest BCUT2D eigenvalue weighted by atomic mass is 35.5. The summed E-state index contributed by atoms with van der Waals surface area (Å²) in [4.78, 5) is 11.6. The number of carbonyl (C=O) groups is 1. The van der Waals surface area contributed by atoms with Crippen LogP contribution in [-0.2, 0) is 16.0 Å². The zero-order valence-corrected chi connectivity index (χ0v) is 16.2. The summed E-state index contributed by atoms with van der Waals surface area (Å²) in [5.74, 6) is 1.31. The molecule has 0 atom stereocenters. The lowest BCUT2D eigenvalue weighted by Crippen LogP contribution is -2.27. The second-order valence-electron chi connectivity index (χ2n) is 6.67. The molecule has 2 aromatic carbocycles. The molecule has 0 N–H and O–H groups in total. The number of carbonyl (C=O) groups excluding carboxylic acids is 1. The Kier molecular flexibility index (Phi) is 7.34. The van der Waals surface area contributed by atoms with Gasteiger partial charge in [-0.1, -0.05) is 23.7 Å². The molecule has 0 fully saturated rings. The monoisotopic (exact) mass is 376 g/mol. The summed E-state index contributed by atoms with van der Waals surface area (Å²) in [5, 5.41) is 0.736. The molecule has 0 aliphatic heterocycles. The lowest BCUT2D eigenvalue weighted by atomic mass is 9.90. The molecule has 0 saturated carbocycles. The third-order valence-electron chi connectivity index (χ3n) is 4.13. The van der Waals surface area contributed by atoms with E-state index in [9.17, 15) is 4.79 Å². The van der Waals surface area contributed by atoms with Gasteiger partial charge in [0.1, 0.15) is 11.5 Å². The van der Waals surface area contributed by atoms with E-state index in [0.29, 0.717) is 19.6 Å². The van der Waals surface area contributed by atoms with Crippen molar-refractivity contribution in [2.24, 2.45) is 5.41 Å². The Morgan fingerprint density at radius 2 is 1.46 bits per heavy atom. The molecule has 26 heavy (non-hydrogen) atoms. The van der Waals surface area contributed by atoms with E-state index in [0.717, 1.165) is 22.9 Å². The van der Waals surface area contributed by atoms with Gasteiger partial charge >= 0.3 is 5.97 Å². The number of ether oxygens (including phenoxy) is 3. The Labute approximate surface area is 160 Å². The van der Waals surface area contributed by atoms with Gasteiger partial charge in [0.2, 0.25) is 0 Å². The molecule has 0 unspecified atom stereocenters. The van der Waals surface area contributed by atoms with E-state index >= 15 is 0 Å². The van der Waals surface area contributed by atoms with E-state index in [1.54, 1.807) is 0 Å². The average molecular weight is 377 g/mol. The topological polar surface area (TPSA) is 44.8 Å². The minimum absolute atomic E-state index is 0.231. The highest BCUT2D eigenvalue weighted by Crippen LogP contribution is 2.23. The number of methoxy groups -OCH3 is 1. The fourth-order valence-electron chi connectivity index (χ4n) is 2.37. The van der Waals surface area contributed by atoms with Crippen molar-refractivity contribution in [2.45, 2.75) is 26.7 Å². The van der Waals surface area contributed by atoms with Gasteiger partial charge in [-0.15, -0.1) is 0 Å². The molecule has 0 aromatic heterocycles. The molecule has 0 heterocycles. The highest BCUT2D eigenvalue weighted by molar-refractivity contribution is 6.30. The van der Waals surface area contributed by atoms with E-state index < -0.39 is 5.41 Å². The number of esters is 1. The van der Waals surface area contributed by atoms with E-state index in [4.69, 9.17) is 25.8 Å². The van der Waals surface area contributed by atoms with Crippen LogP contribution in [0.3, 0.4) is 0 Å². The van der Waals surface area contributed by atoms with Gasteiger partial charge in [-0.25, -0.2) is 0 Å². The predicted octanol–water partition coefficient (Wildman–Crippen LogP) is 4.93. The van der Waals surface area contributed by atoms with Gasteiger partial charge in [-0.3, -0.25) is 4.79 Å². The van der Waals surface area contributed by atoms with Crippen molar-refractivity contribution >= 4 is 17.6 Å². The molecule has 2 aromatic rings. The van der Waals surface area contributed by atoms with Crippen molar-refractivity contribution in [1.29, 1.82) is 0 Å². The first-order valence-electron chi connectivity index (χ1n) is 8.59. The fourth-order valence-corrected chi connectivity index (χ4v) is 2.50. The Hall–Kier alpha value is -2.20. The molecule has 0 spiro atoms. The van der Waals surface area contributed by atoms with Crippen molar-refractivity contribution in [3.63, 3.8) is 0 Å². The molecule has 5 heteroatoms. The van der Waals surface area contributed by atoms with E-state index in [2.05, 4.69) is 0 Å². The Morgan fingerprint density at radius 1 is 0.923 bits per heavy atom.